The van der Waals surface area contributed by atoms with Crippen LogP contribution >= 0.6 is 0 Å². The zero-order valence-corrected chi connectivity index (χ0v) is 8.99. The molecule has 0 rings (SSSR count). The molecule has 0 aliphatic rings. The van der Waals surface area contributed by atoms with Crippen molar-refractivity contribution in [2.75, 3.05) is 11.5 Å². The maximum absolute atomic E-state index is 11.2. The van der Waals surface area contributed by atoms with E-state index in [1.165, 1.54) is 0 Å². The van der Waals surface area contributed by atoms with Gasteiger partial charge < -0.3 is 10.2 Å². The van der Waals surface area contributed by atoms with Gasteiger partial charge in [-0.2, -0.15) is 0 Å². The molecular formula is C8H14O6S. The summed E-state index contributed by atoms with van der Waals surface area (Å²) < 4.78 is 22.4. The molecule has 0 saturated heterocycles. The Morgan fingerprint density at radius 1 is 0.867 bits per heavy atom. The van der Waals surface area contributed by atoms with E-state index in [4.69, 9.17) is 10.2 Å². The quantitative estimate of drug-likeness (QED) is 0.622. The minimum absolute atomic E-state index is 0.0741. The van der Waals surface area contributed by atoms with Crippen molar-refractivity contribution in [1.29, 1.82) is 0 Å². The van der Waals surface area contributed by atoms with E-state index in [9.17, 15) is 18.0 Å². The summed E-state index contributed by atoms with van der Waals surface area (Å²) in [6, 6.07) is 0. The molecule has 0 atom stereocenters. The van der Waals surface area contributed by atoms with Crippen LogP contribution in [0.4, 0.5) is 0 Å². The summed E-state index contributed by atoms with van der Waals surface area (Å²) in [5.74, 6) is -2.45. The minimum Gasteiger partial charge on any atom is -0.481 e. The fourth-order valence-corrected chi connectivity index (χ4v) is 2.36. The van der Waals surface area contributed by atoms with Crippen LogP contribution in [0.5, 0.6) is 0 Å². The van der Waals surface area contributed by atoms with Crippen molar-refractivity contribution < 1.29 is 28.2 Å². The van der Waals surface area contributed by atoms with Crippen molar-refractivity contribution in [2.24, 2.45) is 0 Å². The van der Waals surface area contributed by atoms with Crippen LogP contribution < -0.4 is 0 Å². The average Bonchev–Trinajstić information content (AvgIpc) is 2.01. The lowest BCUT2D eigenvalue weighted by molar-refractivity contribution is -0.138. The number of rotatable bonds is 8. The van der Waals surface area contributed by atoms with E-state index in [1.54, 1.807) is 0 Å². The molecule has 0 aromatic rings. The van der Waals surface area contributed by atoms with E-state index in [-0.39, 0.29) is 37.2 Å². The highest BCUT2D eigenvalue weighted by Crippen LogP contribution is 2.01. The van der Waals surface area contributed by atoms with Crippen molar-refractivity contribution >= 4 is 21.8 Å². The van der Waals surface area contributed by atoms with Crippen LogP contribution in [0.15, 0.2) is 0 Å². The van der Waals surface area contributed by atoms with Crippen LogP contribution in [0.2, 0.25) is 0 Å². The highest BCUT2D eigenvalue weighted by molar-refractivity contribution is 7.91. The molecule has 88 valence electrons. The topological polar surface area (TPSA) is 109 Å². The molecule has 0 bridgehead atoms. The Kier molecular flexibility index (Phi) is 5.92. The molecule has 0 unspecified atom stereocenters. The Hall–Kier alpha value is -1.11. The number of hydrogen-bond donors (Lipinski definition) is 2. The summed E-state index contributed by atoms with van der Waals surface area (Å²) in [6.07, 6.45) is -0.216. The largest absolute Gasteiger partial charge is 0.481 e. The third-order valence-corrected chi connectivity index (χ3v) is 3.51. The predicted octanol–water partition coefficient (Wildman–Crippen LogP) is 0.131. The molecule has 0 heterocycles. The van der Waals surface area contributed by atoms with Gasteiger partial charge in [0.15, 0.2) is 0 Å². The first kappa shape index (κ1) is 13.9. The number of sulfone groups is 1. The van der Waals surface area contributed by atoms with Crippen molar-refractivity contribution in [3.63, 3.8) is 0 Å². The standard InChI is InChI=1S/C8H14O6S/c9-7(10)3-1-5-15(13,14)6-2-4-8(11)12/h1-6H2,(H,9,10)(H,11,12). The second kappa shape index (κ2) is 6.39. The molecule has 2 N–H and O–H groups in total. The predicted molar refractivity (Wildman–Crippen MR) is 52.4 cm³/mol. The van der Waals surface area contributed by atoms with Gasteiger partial charge in [-0.15, -0.1) is 0 Å². The first-order chi connectivity index (χ1) is 6.83. The molecule has 0 aliphatic heterocycles. The van der Waals surface area contributed by atoms with E-state index in [0.29, 0.717) is 0 Å². The molecule has 6 nitrogen and oxygen atoms in total. The lowest BCUT2D eigenvalue weighted by Gasteiger charge is -2.01. The number of carbonyl (C=O) groups is 2. The van der Waals surface area contributed by atoms with Gasteiger partial charge >= 0.3 is 11.9 Å². The van der Waals surface area contributed by atoms with Gasteiger partial charge in [0.25, 0.3) is 0 Å². The monoisotopic (exact) mass is 238 g/mol. The highest BCUT2D eigenvalue weighted by atomic mass is 32.2. The third kappa shape index (κ3) is 9.20. The van der Waals surface area contributed by atoms with Crippen LogP contribution in [0.25, 0.3) is 0 Å². The normalized spacial score (nSPS) is 11.2. The van der Waals surface area contributed by atoms with Crippen molar-refractivity contribution in [3.05, 3.63) is 0 Å². The summed E-state index contributed by atoms with van der Waals surface area (Å²) in [5.41, 5.74) is 0. The first-order valence-electron chi connectivity index (χ1n) is 4.47. The molecule has 0 aliphatic carbocycles. The molecule has 15 heavy (non-hydrogen) atoms. The smallest absolute Gasteiger partial charge is 0.303 e. The Morgan fingerprint density at radius 3 is 1.47 bits per heavy atom. The average molecular weight is 238 g/mol. The summed E-state index contributed by atoms with van der Waals surface area (Å²) in [6.45, 7) is 0. The lowest BCUT2D eigenvalue weighted by Crippen LogP contribution is -2.13. The molecule has 0 amide bonds. The maximum atomic E-state index is 11.2. The van der Waals surface area contributed by atoms with Gasteiger partial charge in [-0.3, -0.25) is 9.59 Å². The lowest BCUT2D eigenvalue weighted by atomic mass is 10.3. The van der Waals surface area contributed by atoms with Crippen molar-refractivity contribution in [3.8, 4) is 0 Å². The highest BCUT2D eigenvalue weighted by Gasteiger charge is 2.12. The van der Waals surface area contributed by atoms with Crippen LogP contribution in [-0.4, -0.2) is 42.1 Å². The van der Waals surface area contributed by atoms with E-state index in [0.717, 1.165) is 0 Å². The van der Waals surface area contributed by atoms with E-state index >= 15 is 0 Å². The molecule has 0 radical (unpaired) electrons. The second-order valence-corrected chi connectivity index (χ2v) is 5.45. The Bertz CT molecular complexity index is 292. The van der Waals surface area contributed by atoms with E-state index in [2.05, 4.69) is 0 Å². The van der Waals surface area contributed by atoms with Crippen LogP contribution in [0.3, 0.4) is 0 Å². The Morgan fingerprint density at radius 2 is 1.20 bits per heavy atom. The molecular weight excluding hydrogens is 224 g/mol. The van der Waals surface area contributed by atoms with Crippen molar-refractivity contribution in [1.82, 2.24) is 0 Å². The van der Waals surface area contributed by atoms with E-state index in [1.807, 2.05) is 0 Å². The summed E-state index contributed by atoms with van der Waals surface area (Å²) in [7, 11) is -3.30. The van der Waals surface area contributed by atoms with E-state index < -0.39 is 21.8 Å². The SMILES string of the molecule is O=C(O)CCCS(=O)(=O)CCCC(=O)O. The van der Waals surface area contributed by atoms with Gasteiger partial charge in [0, 0.05) is 12.8 Å². The molecule has 0 saturated carbocycles. The summed E-state index contributed by atoms with van der Waals surface area (Å²) >= 11 is 0. The number of hydrogen-bond acceptors (Lipinski definition) is 4. The molecule has 0 aromatic carbocycles. The minimum atomic E-state index is -3.30. The number of carboxylic acid groups (broad SMARTS) is 2. The molecule has 0 spiro atoms. The van der Waals surface area contributed by atoms with Crippen LogP contribution in [-0.2, 0) is 19.4 Å². The van der Waals surface area contributed by atoms with Gasteiger partial charge in [-0.05, 0) is 12.8 Å². The molecule has 0 aromatic heterocycles. The van der Waals surface area contributed by atoms with Gasteiger partial charge in [-0.1, -0.05) is 0 Å². The third-order valence-electron chi connectivity index (χ3n) is 1.69. The number of aliphatic carboxylic acids is 2. The maximum Gasteiger partial charge on any atom is 0.303 e. The van der Waals surface area contributed by atoms with Gasteiger partial charge in [0.1, 0.15) is 9.84 Å². The zero-order chi connectivity index (χ0) is 11.9. The first-order valence-corrected chi connectivity index (χ1v) is 6.29. The van der Waals surface area contributed by atoms with Gasteiger partial charge in [0.05, 0.1) is 11.5 Å². The van der Waals surface area contributed by atoms with Crippen LogP contribution in [0, 0.1) is 0 Å². The number of carboxylic acids is 2. The van der Waals surface area contributed by atoms with Gasteiger partial charge in [0.2, 0.25) is 0 Å². The second-order valence-electron chi connectivity index (χ2n) is 3.15. The Balaban J connectivity index is 3.77. The molecule has 0 fully saturated rings. The van der Waals surface area contributed by atoms with Gasteiger partial charge in [-0.25, -0.2) is 8.42 Å². The summed E-state index contributed by atoms with van der Waals surface area (Å²) in [4.78, 5) is 20.2. The zero-order valence-electron chi connectivity index (χ0n) is 8.18. The van der Waals surface area contributed by atoms with Crippen LogP contribution in [0.1, 0.15) is 25.7 Å². The fraction of sp³-hybridized carbons (Fsp3) is 0.750. The van der Waals surface area contributed by atoms with Crippen molar-refractivity contribution in [2.45, 2.75) is 25.7 Å². The molecule has 7 heteroatoms. The Labute approximate surface area is 87.8 Å². The fourth-order valence-electron chi connectivity index (χ4n) is 0.989. The summed E-state index contributed by atoms with van der Waals surface area (Å²) in [5, 5.41) is 16.6.